The number of hydrogen-bond donors (Lipinski definition) is 1. The first-order chi connectivity index (χ1) is 12.1. The van der Waals surface area contributed by atoms with Gasteiger partial charge in [0.2, 0.25) is 0 Å². The molecular weight excluding hydrogens is 323 g/mol. The van der Waals surface area contributed by atoms with E-state index in [9.17, 15) is 9.18 Å². The maximum atomic E-state index is 13.1. The molecule has 2 amide bonds. The van der Waals surface area contributed by atoms with Gasteiger partial charge in [-0.3, -0.25) is 0 Å². The maximum absolute atomic E-state index is 13.1. The van der Waals surface area contributed by atoms with Crippen molar-refractivity contribution in [1.29, 1.82) is 0 Å². The smallest absolute Gasteiger partial charge is 0.322 e. The number of methoxy groups -OCH3 is 2. The molecule has 0 bridgehead atoms. The highest BCUT2D eigenvalue weighted by Crippen LogP contribution is 2.33. The number of likely N-dealkylation sites (tertiary alicyclic amines) is 1. The molecule has 1 saturated heterocycles. The van der Waals surface area contributed by atoms with Gasteiger partial charge in [-0.15, -0.1) is 0 Å². The molecule has 0 radical (unpaired) electrons. The van der Waals surface area contributed by atoms with E-state index >= 15 is 0 Å². The normalized spacial score (nSPS) is 16.6. The van der Waals surface area contributed by atoms with Crippen molar-refractivity contribution in [3.63, 3.8) is 0 Å². The fourth-order valence-corrected chi connectivity index (χ4v) is 3.12. The number of halogens is 1. The maximum Gasteiger partial charge on any atom is 0.322 e. The largest absolute Gasteiger partial charge is 0.497 e. The van der Waals surface area contributed by atoms with Crippen LogP contribution >= 0.6 is 0 Å². The van der Waals surface area contributed by atoms with Crippen molar-refractivity contribution in [3.05, 3.63) is 53.8 Å². The van der Waals surface area contributed by atoms with Gasteiger partial charge in [-0.1, -0.05) is 12.1 Å². The molecule has 1 atom stereocenters. The average molecular weight is 344 g/mol. The molecule has 0 saturated carbocycles. The molecule has 1 aliphatic heterocycles. The molecule has 1 fully saturated rings. The van der Waals surface area contributed by atoms with Gasteiger partial charge in [-0.25, -0.2) is 9.18 Å². The summed E-state index contributed by atoms with van der Waals surface area (Å²) >= 11 is 0. The van der Waals surface area contributed by atoms with Gasteiger partial charge < -0.3 is 19.7 Å². The number of carbonyl (C=O) groups excluding carboxylic acids is 1. The third kappa shape index (κ3) is 3.84. The Morgan fingerprint density at radius 1 is 1.12 bits per heavy atom. The molecule has 132 valence electrons. The number of ether oxygens (including phenoxy) is 2. The van der Waals surface area contributed by atoms with E-state index in [2.05, 4.69) is 5.32 Å². The molecule has 1 heterocycles. The molecule has 6 heteroatoms. The monoisotopic (exact) mass is 344 g/mol. The number of benzene rings is 2. The predicted octanol–water partition coefficient (Wildman–Crippen LogP) is 4.21. The number of rotatable bonds is 4. The van der Waals surface area contributed by atoms with Crippen LogP contribution in [0.1, 0.15) is 24.4 Å². The molecule has 1 aliphatic rings. The number of nitrogens with zero attached hydrogens (tertiary/aromatic N) is 1. The molecule has 2 aromatic carbocycles. The van der Waals surface area contributed by atoms with Gasteiger partial charge in [0.1, 0.15) is 17.3 Å². The molecule has 3 rings (SSSR count). The minimum atomic E-state index is -0.277. The Kier molecular flexibility index (Phi) is 5.07. The lowest BCUT2D eigenvalue weighted by atomic mass is 10.0. The molecule has 0 aromatic heterocycles. The van der Waals surface area contributed by atoms with E-state index in [-0.39, 0.29) is 17.9 Å². The summed E-state index contributed by atoms with van der Waals surface area (Å²) < 4.78 is 23.6. The average Bonchev–Trinajstić information content (AvgIpc) is 3.11. The Balaban J connectivity index is 1.77. The molecule has 0 spiro atoms. The summed E-state index contributed by atoms with van der Waals surface area (Å²) in [7, 11) is 3.12. The van der Waals surface area contributed by atoms with Gasteiger partial charge in [-0.05, 0) is 30.5 Å². The van der Waals surface area contributed by atoms with Crippen LogP contribution in [0.4, 0.5) is 14.9 Å². The van der Waals surface area contributed by atoms with E-state index in [0.29, 0.717) is 23.7 Å². The summed E-state index contributed by atoms with van der Waals surface area (Å²) in [5.74, 6) is 0.929. The second-order valence-corrected chi connectivity index (χ2v) is 5.93. The minimum Gasteiger partial charge on any atom is -0.497 e. The number of amides is 2. The van der Waals surface area contributed by atoms with Crippen LogP contribution in [0.15, 0.2) is 42.5 Å². The van der Waals surface area contributed by atoms with Crippen molar-refractivity contribution in [3.8, 4) is 11.5 Å². The van der Waals surface area contributed by atoms with E-state index in [0.717, 1.165) is 18.4 Å². The van der Waals surface area contributed by atoms with Crippen molar-refractivity contribution in [2.75, 3.05) is 26.1 Å². The Morgan fingerprint density at radius 3 is 2.36 bits per heavy atom. The van der Waals surface area contributed by atoms with Crippen LogP contribution in [-0.4, -0.2) is 31.7 Å². The molecule has 0 aliphatic carbocycles. The summed E-state index contributed by atoms with van der Waals surface area (Å²) in [5.41, 5.74) is 1.54. The van der Waals surface area contributed by atoms with E-state index in [1.165, 1.54) is 12.1 Å². The van der Waals surface area contributed by atoms with E-state index < -0.39 is 0 Å². The summed E-state index contributed by atoms with van der Waals surface area (Å²) in [6, 6.07) is 11.3. The van der Waals surface area contributed by atoms with E-state index in [4.69, 9.17) is 9.47 Å². The Morgan fingerprint density at radius 2 is 1.76 bits per heavy atom. The van der Waals surface area contributed by atoms with Crippen molar-refractivity contribution in [2.45, 2.75) is 18.9 Å². The van der Waals surface area contributed by atoms with Crippen LogP contribution in [0.25, 0.3) is 0 Å². The lowest BCUT2D eigenvalue weighted by molar-refractivity contribution is 0.207. The van der Waals surface area contributed by atoms with Crippen LogP contribution in [-0.2, 0) is 0 Å². The highest BCUT2D eigenvalue weighted by molar-refractivity contribution is 5.90. The first-order valence-electron chi connectivity index (χ1n) is 8.17. The quantitative estimate of drug-likeness (QED) is 0.904. The molecular formula is C19H21FN2O3. The summed E-state index contributed by atoms with van der Waals surface area (Å²) in [6.07, 6.45) is 1.78. The minimum absolute atomic E-state index is 0.0481. The topological polar surface area (TPSA) is 50.8 Å². The summed E-state index contributed by atoms with van der Waals surface area (Å²) in [5, 5.41) is 2.90. The standard InChI is InChI=1S/C19H21FN2O3/c1-24-16-10-15(11-17(12-16)25-2)21-19(23)22-9-3-4-18(22)13-5-7-14(20)8-6-13/h5-8,10-12,18H,3-4,9H2,1-2H3,(H,21,23). The molecule has 25 heavy (non-hydrogen) atoms. The fourth-order valence-electron chi connectivity index (χ4n) is 3.12. The third-order valence-corrected chi connectivity index (χ3v) is 4.37. The van der Waals surface area contributed by atoms with Crippen molar-refractivity contribution in [1.82, 2.24) is 4.90 Å². The number of nitrogens with one attached hydrogen (secondary N) is 1. The Bertz CT molecular complexity index is 727. The fraction of sp³-hybridized carbons (Fsp3) is 0.316. The van der Waals surface area contributed by atoms with Gasteiger partial charge >= 0.3 is 6.03 Å². The predicted molar refractivity (Wildman–Crippen MR) is 93.6 cm³/mol. The Hall–Kier alpha value is -2.76. The van der Waals surface area contributed by atoms with Gasteiger partial charge in [0.15, 0.2) is 0 Å². The third-order valence-electron chi connectivity index (χ3n) is 4.37. The van der Waals surface area contributed by atoms with Crippen LogP contribution in [0.3, 0.4) is 0 Å². The van der Waals surface area contributed by atoms with Gasteiger partial charge in [-0.2, -0.15) is 0 Å². The Labute approximate surface area is 146 Å². The second-order valence-electron chi connectivity index (χ2n) is 5.93. The van der Waals surface area contributed by atoms with E-state index in [1.54, 1.807) is 49.5 Å². The first-order valence-corrected chi connectivity index (χ1v) is 8.17. The molecule has 1 N–H and O–H groups in total. The van der Waals surface area contributed by atoms with Gasteiger partial charge in [0.05, 0.1) is 20.3 Å². The summed E-state index contributed by atoms with van der Waals surface area (Å²) in [6.45, 7) is 0.662. The number of anilines is 1. The highest BCUT2D eigenvalue weighted by atomic mass is 19.1. The number of carbonyl (C=O) groups is 1. The van der Waals surface area contributed by atoms with Crippen LogP contribution in [0.2, 0.25) is 0 Å². The van der Waals surface area contributed by atoms with Gasteiger partial charge in [0.25, 0.3) is 0 Å². The zero-order valence-corrected chi connectivity index (χ0v) is 14.3. The highest BCUT2D eigenvalue weighted by Gasteiger charge is 2.30. The lowest BCUT2D eigenvalue weighted by Gasteiger charge is -2.25. The SMILES string of the molecule is COc1cc(NC(=O)N2CCCC2c2ccc(F)cc2)cc(OC)c1. The van der Waals surface area contributed by atoms with Crippen molar-refractivity contribution < 1.29 is 18.7 Å². The molecule has 2 aromatic rings. The number of hydrogen-bond acceptors (Lipinski definition) is 3. The zero-order chi connectivity index (χ0) is 17.8. The van der Waals surface area contributed by atoms with Crippen LogP contribution < -0.4 is 14.8 Å². The summed E-state index contributed by atoms with van der Waals surface area (Å²) in [4.78, 5) is 14.5. The lowest BCUT2D eigenvalue weighted by Crippen LogP contribution is -2.34. The van der Waals surface area contributed by atoms with Crippen molar-refractivity contribution in [2.24, 2.45) is 0 Å². The van der Waals surface area contributed by atoms with Gasteiger partial charge in [0, 0.05) is 30.4 Å². The van der Waals surface area contributed by atoms with Crippen LogP contribution in [0, 0.1) is 5.82 Å². The second kappa shape index (κ2) is 7.42. The van der Waals surface area contributed by atoms with E-state index in [1.807, 2.05) is 0 Å². The van der Waals surface area contributed by atoms with Crippen LogP contribution in [0.5, 0.6) is 11.5 Å². The molecule has 5 nitrogen and oxygen atoms in total. The molecule has 1 unspecified atom stereocenters. The number of urea groups is 1. The first kappa shape index (κ1) is 17.1. The zero-order valence-electron chi connectivity index (χ0n) is 14.3. The van der Waals surface area contributed by atoms with Crippen molar-refractivity contribution >= 4 is 11.7 Å².